The molecular weight excluding hydrogens is 321 g/mol. The van der Waals surface area contributed by atoms with Crippen molar-refractivity contribution in [2.24, 2.45) is 0 Å². The minimum absolute atomic E-state index is 0.240. The highest BCUT2D eigenvalue weighted by atomic mass is 19.1. The summed E-state index contributed by atoms with van der Waals surface area (Å²) in [5.41, 5.74) is 2.21. The lowest BCUT2D eigenvalue weighted by Crippen LogP contribution is -2.13. The molecule has 3 rings (SSSR count). The molecule has 0 spiro atoms. The molecule has 5 nitrogen and oxygen atoms in total. The zero-order valence-electron chi connectivity index (χ0n) is 13.5. The minimum Gasteiger partial charge on any atom is -0.495 e. The summed E-state index contributed by atoms with van der Waals surface area (Å²) < 4.78 is 18.2. The molecule has 3 aromatic rings. The first-order valence-corrected chi connectivity index (χ1v) is 7.59. The molecule has 0 bridgehead atoms. The van der Waals surface area contributed by atoms with Crippen LogP contribution in [-0.2, 0) is 0 Å². The predicted molar refractivity (Wildman–Crippen MR) is 94.9 cm³/mol. The number of hydrogen-bond donors (Lipinski definition) is 2. The van der Waals surface area contributed by atoms with E-state index < -0.39 is 0 Å². The number of anilines is 3. The van der Waals surface area contributed by atoms with Gasteiger partial charge in [0.2, 0.25) is 0 Å². The first kappa shape index (κ1) is 16.4. The Morgan fingerprint density at radius 2 is 1.80 bits per heavy atom. The van der Waals surface area contributed by atoms with Crippen LogP contribution in [0.15, 0.2) is 66.9 Å². The molecule has 1 amide bonds. The molecule has 0 fully saturated rings. The van der Waals surface area contributed by atoms with Gasteiger partial charge < -0.3 is 15.4 Å². The average molecular weight is 337 g/mol. The number of amides is 1. The van der Waals surface area contributed by atoms with E-state index in [9.17, 15) is 9.18 Å². The summed E-state index contributed by atoms with van der Waals surface area (Å²) in [5, 5.41) is 5.87. The number of benzene rings is 2. The molecule has 0 radical (unpaired) electrons. The number of halogens is 1. The van der Waals surface area contributed by atoms with Gasteiger partial charge in [0, 0.05) is 17.6 Å². The molecule has 25 heavy (non-hydrogen) atoms. The monoisotopic (exact) mass is 337 g/mol. The van der Waals surface area contributed by atoms with E-state index >= 15 is 0 Å². The second-order valence-electron chi connectivity index (χ2n) is 5.22. The standard InChI is InChI=1S/C19H16FN3O2/c1-25-18-5-3-2-4-16(18)22-15-10-11-21-17(12-15)19(24)23-14-8-6-13(20)7-9-14/h2-12H,1H3,(H,21,22)(H,23,24). The first-order valence-electron chi connectivity index (χ1n) is 7.59. The van der Waals surface area contributed by atoms with Crippen molar-refractivity contribution in [2.45, 2.75) is 0 Å². The van der Waals surface area contributed by atoms with Gasteiger partial charge in [-0.2, -0.15) is 0 Å². The lowest BCUT2D eigenvalue weighted by molar-refractivity contribution is 0.102. The van der Waals surface area contributed by atoms with E-state index in [1.54, 1.807) is 19.2 Å². The Bertz CT molecular complexity index is 882. The topological polar surface area (TPSA) is 63.2 Å². The molecule has 6 heteroatoms. The van der Waals surface area contributed by atoms with Crippen LogP contribution in [0.1, 0.15) is 10.5 Å². The van der Waals surface area contributed by atoms with Gasteiger partial charge in [0.15, 0.2) is 0 Å². The van der Waals surface area contributed by atoms with Gasteiger partial charge >= 0.3 is 0 Å². The lowest BCUT2D eigenvalue weighted by Gasteiger charge is -2.11. The van der Waals surface area contributed by atoms with Crippen LogP contribution in [0.4, 0.5) is 21.5 Å². The molecule has 0 unspecified atom stereocenters. The minimum atomic E-state index is -0.379. The average Bonchev–Trinajstić information content (AvgIpc) is 2.64. The first-order chi connectivity index (χ1) is 12.2. The van der Waals surface area contributed by atoms with Gasteiger partial charge in [0.1, 0.15) is 17.3 Å². The maximum atomic E-state index is 12.9. The van der Waals surface area contributed by atoms with Crippen LogP contribution in [0.25, 0.3) is 0 Å². The number of aromatic nitrogens is 1. The molecule has 0 saturated carbocycles. The second kappa shape index (κ2) is 7.44. The number of methoxy groups -OCH3 is 1. The van der Waals surface area contributed by atoms with Crippen molar-refractivity contribution in [3.63, 3.8) is 0 Å². The van der Waals surface area contributed by atoms with Gasteiger partial charge in [-0.05, 0) is 48.5 Å². The van der Waals surface area contributed by atoms with E-state index in [-0.39, 0.29) is 17.4 Å². The van der Waals surface area contributed by atoms with Crippen LogP contribution in [-0.4, -0.2) is 18.0 Å². The molecular formula is C19H16FN3O2. The molecule has 0 aliphatic rings. The molecule has 2 N–H and O–H groups in total. The molecule has 0 saturated heterocycles. The van der Waals surface area contributed by atoms with E-state index in [0.29, 0.717) is 17.1 Å². The number of ether oxygens (including phenoxy) is 1. The third kappa shape index (κ3) is 4.11. The van der Waals surface area contributed by atoms with Crippen LogP contribution in [0, 0.1) is 5.82 Å². The molecule has 1 aromatic heterocycles. The smallest absolute Gasteiger partial charge is 0.274 e. The van der Waals surface area contributed by atoms with Gasteiger partial charge in [0.25, 0.3) is 5.91 Å². The number of nitrogens with one attached hydrogen (secondary N) is 2. The van der Waals surface area contributed by atoms with Crippen molar-refractivity contribution in [1.29, 1.82) is 0 Å². The van der Waals surface area contributed by atoms with Gasteiger partial charge in [-0.3, -0.25) is 9.78 Å². The SMILES string of the molecule is COc1ccccc1Nc1ccnc(C(=O)Nc2ccc(F)cc2)c1. The highest BCUT2D eigenvalue weighted by molar-refractivity contribution is 6.03. The second-order valence-corrected chi connectivity index (χ2v) is 5.22. The highest BCUT2D eigenvalue weighted by Gasteiger charge is 2.10. The molecule has 0 aliphatic heterocycles. The zero-order chi connectivity index (χ0) is 17.6. The van der Waals surface area contributed by atoms with Crippen molar-refractivity contribution < 1.29 is 13.9 Å². The molecule has 1 heterocycles. The Morgan fingerprint density at radius 1 is 1.04 bits per heavy atom. The summed E-state index contributed by atoms with van der Waals surface area (Å²) in [6.45, 7) is 0. The summed E-state index contributed by atoms with van der Waals surface area (Å²) in [6, 6.07) is 16.4. The molecule has 0 aliphatic carbocycles. The predicted octanol–water partition coefficient (Wildman–Crippen LogP) is 4.23. The van der Waals surface area contributed by atoms with E-state index in [1.165, 1.54) is 30.5 Å². The number of pyridine rings is 1. The summed E-state index contributed by atoms with van der Waals surface area (Å²) in [4.78, 5) is 16.4. The quantitative estimate of drug-likeness (QED) is 0.731. The van der Waals surface area contributed by atoms with Crippen molar-refractivity contribution in [3.05, 3.63) is 78.4 Å². The Labute approximate surface area is 144 Å². The fourth-order valence-corrected chi connectivity index (χ4v) is 2.26. The van der Waals surface area contributed by atoms with E-state index in [1.807, 2.05) is 24.3 Å². The Morgan fingerprint density at radius 3 is 2.56 bits per heavy atom. The fraction of sp³-hybridized carbons (Fsp3) is 0.0526. The molecule has 0 atom stereocenters. The van der Waals surface area contributed by atoms with E-state index in [2.05, 4.69) is 15.6 Å². The highest BCUT2D eigenvalue weighted by Crippen LogP contribution is 2.27. The van der Waals surface area contributed by atoms with Crippen molar-refractivity contribution in [3.8, 4) is 5.75 Å². The van der Waals surface area contributed by atoms with Crippen molar-refractivity contribution >= 4 is 23.0 Å². The number of carbonyl (C=O) groups excluding carboxylic acids is 1. The molecule has 126 valence electrons. The largest absolute Gasteiger partial charge is 0.495 e. The van der Waals surface area contributed by atoms with Crippen LogP contribution in [0.3, 0.4) is 0 Å². The Balaban J connectivity index is 1.76. The molecule has 2 aromatic carbocycles. The van der Waals surface area contributed by atoms with E-state index in [0.717, 1.165) is 5.69 Å². The summed E-state index contributed by atoms with van der Waals surface area (Å²) >= 11 is 0. The summed E-state index contributed by atoms with van der Waals surface area (Å²) in [5.74, 6) is -0.0500. The van der Waals surface area contributed by atoms with Gasteiger partial charge in [-0.1, -0.05) is 12.1 Å². The third-order valence-electron chi connectivity index (χ3n) is 3.48. The van der Waals surface area contributed by atoms with Gasteiger partial charge in [-0.15, -0.1) is 0 Å². The van der Waals surface area contributed by atoms with Crippen LogP contribution < -0.4 is 15.4 Å². The third-order valence-corrected chi connectivity index (χ3v) is 3.48. The van der Waals surface area contributed by atoms with Gasteiger partial charge in [0.05, 0.1) is 12.8 Å². The Hall–Kier alpha value is -3.41. The number of hydrogen-bond acceptors (Lipinski definition) is 4. The van der Waals surface area contributed by atoms with Crippen LogP contribution in [0.2, 0.25) is 0 Å². The van der Waals surface area contributed by atoms with Crippen molar-refractivity contribution in [2.75, 3.05) is 17.7 Å². The summed E-state index contributed by atoms with van der Waals surface area (Å²) in [6.07, 6.45) is 1.54. The number of para-hydroxylation sites is 2. The summed E-state index contributed by atoms with van der Waals surface area (Å²) in [7, 11) is 1.59. The van der Waals surface area contributed by atoms with E-state index in [4.69, 9.17) is 4.74 Å². The zero-order valence-corrected chi connectivity index (χ0v) is 13.5. The lowest BCUT2D eigenvalue weighted by atomic mass is 10.2. The Kier molecular flexibility index (Phi) is 4.89. The van der Waals surface area contributed by atoms with Crippen LogP contribution >= 0.6 is 0 Å². The maximum Gasteiger partial charge on any atom is 0.274 e. The normalized spacial score (nSPS) is 10.2. The maximum absolute atomic E-state index is 12.9. The number of rotatable bonds is 5. The van der Waals surface area contributed by atoms with Crippen LogP contribution in [0.5, 0.6) is 5.75 Å². The fourth-order valence-electron chi connectivity index (χ4n) is 2.26. The number of carbonyl (C=O) groups is 1. The van der Waals surface area contributed by atoms with Gasteiger partial charge in [-0.25, -0.2) is 4.39 Å². The number of nitrogens with zero attached hydrogens (tertiary/aromatic N) is 1. The van der Waals surface area contributed by atoms with Crippen molar-refractivity contribution in [1.82, 2.24) is 4.98 Å².